The van der Waals surface area contributed by atoms with Crippen LogP contribution in [0.25, 0.3) is 0 Å². The van der Waals surface area contributed by atoms with E-state index in [1.165, 1.54) is 12.8 Å². The molecule has 2 atom stereocenters. The van der Waals surface area contributed by atoms with Gasteiger partial charge in [0.1, 0.15) is 0 Å². The molecule has 1 aliphatic heterocycles. The molecule has 2 unspecified atom stereocenters. The van der Waals surface area contributed by atoms with Gasteiger partial charge in [-0.3, -0.25) is 11.3 Å². The zero-order valence-corrected chi connectivity index (χ0v) is 8.97. The Kier molecular flexibility index (Phi) is 3.71. The minimum Gasteiger partial charge on any atom is -0.381 e. The van der Waals surface area contributed by atoms with Crippen LogP contribution in [0.4, 0.5) is 0 Å². The summed E-state index contributed by atoms with van der Waals surface area (Å²) >= 11 is 0. The molecule has 0 spiro atoms. The van der Waals surface area contributed by atoms with Crippen molar-refractivity contribution in [2.75, 3.05) is 13.2 Å². The molecule has 3 N–H and O–H groups in total. The molecule has 1 aliphatic rings. The molecule has 1 fully saturated rings. The molecule has 1 saturated heterocycles. The fourth-order valence-corrected chi connectivity index (χ4v) is 2.12. The molecule has 0 aromatic heterocycles. The first-order chi connectivity index (χ1) is 6.05. The van der Waals surface area contributed by atoms with E-state index in [0.717, 1.165) is 13.2 Å². The van der Waals surface area contributed by atoms with Gasteiger partial charge in [-0.15, -0.1) is 0 Å². The van der Waals surface area contributed by atoms with Gasteiger partial charge in [0.25, 0.3) is 0 Å². The van der Waals surface area contributed by atoms with Gasteiger partial charge in [0, 0.05) is 12.6 Å². The van der Waals surface area contributed by atoms with Crippen LogP contribution in [-0.2, 0) is 4.74 Å². The molecule has 0 amide bonds. The first-order valence-corrected chi connectivity index (χ1v) is 5.09. The average molecular weight is 186 g/mol. The van der Waals surface area contributed by atoms with Crippen LogP contribution in [0.3, 0.4) is 0 Å². The fraction of sp³-hybridized carbons (Fsp3) is 1.00. The third kappa shape index (κ3) is 2.93. The molecule has 0 aromatic rings. The van der Waals surface area contributed by atoms with Crippen LogP contribution in [0.5, 0.6) is 0 Å². The molecule has 0 bridgehead atoms. The summed E-state index contributed by atoms with van der Waals surface area (Å²) in [7, 11) is 0. The van der Waals surface area contributed by atoms with Crippen LogP contribution in [0, 0.1) is 11.3 Å². The molecule has 1 heterocycles. The molecule has 0 aliphatic carbocycles. The van der Waals surface area contributed by atoms with E-state index < -0.39 is 0 Å². The van der Waals surface area contributed by atoms with E-state index >= 15 is 0 Å². The molecule has 0 aromatic carbocycles. The second-order valence-corrected chi connectivity index (χ2v) is 4.99. The number of hydrogen-bond donors (Lipinski definition) is 2. The van der Waals surface area contributed by atoms with Crippen molar-refractivity contribution in [3.63, 3.8) is 0 Å². The maximum atomic E-state index is 5.58. The lowest BCUT2D eigenvalue weighted by atomic mass is 9.77. The first kappa shape index (κ1) is 11.0. The van der Waals surface area contributed by atoms with E-state index in [4.69, 9.17) is 10.6 Å². The highest BCUT2D eigenvalue weighted by molar-refractivity contribution is 4.86. The molecular formula is C10H22N2O. The zero-order chi connectivity index (χ0) is 9.90. The second kappa shape index (κ2) is 4.40. The molecule has 0 radical (unpaired) electrons. The minimum absolute atomic E-state index is 0.208. The Labute approximate surface area is 81.0 Å². The van der Waals surface area contributed by atoms with Crippen LogP contribution in [0.1, 0.15) is 33.6 Å². The molecule has 78 valence electrons. The highest BCUT2D eigenvalue weighted by atomic mass is 16.5. The van der Waals surface area contributed by atoms with Crippen molar-refractivity contribution in [3.8, 4) is 0 Å². The minimum atomic E-state index is 0.208. The van der Waals surface area contributed by atoms with Crippen LogP contribution in [0.2, 0.25) is 0 Å². The summed E-state index contributed by atoms with van der Waals surface area (Å²) in [5, 5.41) is 0. The Morgan fingerprint density at radius 3 is 2.54 bits per heavy atom. The predicted molar refractivity (Wildman–Crippen MR) is 54.1 cm³/mol. The molecule has 1 rings (SSSR count). The smallest absolute Gasteiger partial charge is 0.0509 e. The van der Waals surface area contributed by atoms with Gasteiger partial charge in [-0.2, -0.15) is 0 Å². The average Bonchev–Trinajstić information content (AvgIpc) is 2.05. The number of hydrazine groups is 1. The lowest BCUT2D eigenvalue weighted by Crippen LogP contribution is -2.51. The van der Waals surface area contributed by atoms with Crippen LogP contribution in [0.15, 0.2) is 0 Å². The fourth-order valence-electron chi connectivity index (χ4n) is 2.12. The van der Waals surface area contributed by atoms with E-state index in [0.29, 0.717) is 12.0 Å². The van der Waals surface area contributed by atoms with Gasteiger partial charge in [0.05, 0.1) is 6.61 Å². The van der Waals surface area contributed by atoms with Crippen molar-refractivity contribution in [3.05, 3.63) is 0 Å². The topological polar surface area (TPSA) is 47.3 Å². The quantitative estimate of drug-likeness (QED) is 0.504. The van der Waals surface area contributed by atoms with Crippen molar-refractivity contribution in [2.24, 2.45) is 17.2 Å². The highest BCUT2D eigenvalue weighted by Crippen LogP contribution is 2.29. The van der Waals surface area contributed by atoms with E-state index in [-0.39, 0.29) is 5.41 Å². The number of nitrogens with two attached hydrogens (primary N) is 1. The lowest BCUT2D eigenvalue weighted by Gasteiger charge is -2.38. The SMILES string of the molecule is CC(C)(C)C(NN)C1CCCOC1. The molecule has 3 nitrogen and oxygen atoms in total. The summed E-state index contributed by atoms with van der Waals surface area (Å²) in [6.45, 7) is 8.41. The molecule has 3 heteroatoms. The third-order valence-electron chi connectivity index (χ3n) is 2.78. The highest BCUT2D eigenvalue weighted by Gasteiger charge is 2.32. The van der Waals surface area contributed by atoms with Gasteiger partial charge in [-0.25, -0.2) is 0 Å². The predicted octanol–water partition coefficient (Wildman–Crippen LogP) is 1.29. The summed E-state index contributed by atoms with van der Waals surface area (Å²) in [5.41, 5.74) is 3.14. The van der Waals surface area contributed by atoms with Gasteiger partial charge >= 0.3 is 0 Å². The summed E-state index contributed by atoms with van der Waals surface area (Å²) < 4.78 is 5.46. The zero-order valence-electron chi connectivity index (χ0n) is 8.97. The van der Waals surface area contributed by atoms with E-state index in [2.05, 4.69) is 26.2 Å². The van der Waals surface area contributed by atoms with Gasteiger partial charge in [0.2, 0.25) is 0 Å². The van der Waals surface area contributed by atoms with Crippen molar-refractivity contribution in [2.45, 2.75) is 39.7 Å². The number of nitrogens with one attached hydrogen (secondary N) is 1. The van der Waals surface area contributed by atoms with Gasteiger partial charge in [-0.1, -0.05) is 20.8 Å². The number of hydrogen-bond acceptors (Lipinski definition) is 3. The Balaban J connectivity index is 2.54. The monoisotopic (exact) mass is 186 g/mol. The Hall–Kier alpha value is -0.120. The van der Waals surface area contributed by atoms with E-state index in [9.17, 15) is 0 Å². The molecule has 13 heavy (non-hydrogen) atoms. The van der Waals surface area contributed by atoms with Crippen molar-refractivity contribution < 1.29 is 4.74 Å². The Bertz CT molecular complexity index is 147. The number of rotatable bonds is 2. The van der Waals surface area contributed by atoms with Crippen LogP contribution in [-0.4, -0.2) is 19.3 Å². The van der Waals surface area contributed by atoms with E-state index in [1.54, 1.807) is 0 Å². The van der Waals surface area contributed by atoms with Gasteiger partial charge < -0.3 is 4.74 Å². The van der Waals surface area contributed by atoms with Gasteiger partial charge in [-0.05, 0) is 24.2 Å². The van der Waals surface area contributed by atoms with Crippen molar-refractivity contribution >= 4 is 0 Å². The second-order valence-electron chi connectivity index (χ2n) is 4.99. The number of ether oxygens (including phenoxy) is 1. The molecular weight excluding hydrogens is 164 g/mol. The van der Waals surface area contributed by atoms with Crippen LogP contribution >= 0.6 is 0 Å². The summed E-state index contributed by atoms with van der Waals surface area (Å²) in [5.74, 6) is 6.15. The first-order valence-electron chi connectivity index (χ1n) is 5.09. The maximum Gasteiger partial charge on any atom is 0.0509 e. The molecule has 0 saturated carbocycles. The van der Waals surface area contributed by atoms with Crippen molar-refractivity contribution in [1.29, 1.82) is 0 Å². The summed E-state index contributed by atoms with van der Waals surface area (Å²) in [4.78, 5) is 0. The van der Waals surface area contributed by atoms with Crippen molar-refractivity contribution in [1.82, 2.24) is 5.43 Å². The summed E-state index contributed by atoms with van der Waals surface area (Å²) in [6.07, 6.45) is 2.39. The van der Waals surface area contributed by atoms with E-state index in [1.807, 2.05) is 0 Å². The Morgan fingerprint density at radius 2 is 2.15 bits per heavy atom. The summed E-state index contributed by atoms with van der Waals surface area (Å²) in [6, 6.07) is 0.354. The third-order valence-corrected chi connectivity index (χ3v) is 2.78. The Morgan fingerprint density at radius 1 is 1.46 bits per heavy atom. The standard InChI is InChI=1S/C10H22N2O/c1-10(2,3)9(12-11)8-5-4-6-13-7-8/h8-9,12H,4-7,11H2,1-3H3. The van der Waals surface area contributed by atoms with Crippen LogP contribution < -0.4 is 11.3 Å². The van der Waals surface area contributed by atoms with Gasteiger partial charge in [0.15, 0.2) is 0 Å². The largest absolute Gasteiger partial charge is 0.381 e. The maximum absolute atomic E-state index is 5.58. The normalized spacial score (nSPS) is 27.2. The lowest BCUT2D eigenvalue weighted by molar-refractivity contribution is 0.0182.